The van der Waals surface area contributed by atoms with Gasteiger partial charge in [0.1, 0.15) is 5.60 Å². The second-order valence-corrected chi connectivity index (χ2v) is 6.65. The first-order valence-electron chi connectivity index (χ1n) is 7.19. The lowest BCUT2D eigenvalue weighted by Gasteiger charge is -2.40. The van der Waals surface area contributed by atoms with Gasteiger partial charge in [0.2, 0.25) is 0 Å². The molecular weight excluding hydrogens is 276 g/mol. The number of rotatable bonds is 4. The Morgan fingerprint density at radius 2 is 1.86 bits per heavy atom. The Labute approximate surface area is 125 Å². The van der Waals surface area contributed by atoms with Gasteiger partial charge in [0, 0.05) is 19.6 Å². The SMILES string of the molecule is CC(C)(C)OC(=O)N1CCC(C[C@@H](O)CN)(C(=O)O)CC1. The number of carbonyl (C=O) groups is 2. The molecule has 0 aliphatic carbocycles. The second-order valence-electron chi connectivity index (χ2n) is 6.65. The maximum atomic E-state index is 12.0. The van der Waals surface area contributed by atoms with Crippen molar-refractivity contribution in [3.05, 3.63) is 0 Å². The van der Waals surface area contributed by atoms with Crippen LogP contribution in [0.3, 0.4) is 0 Å². The van der Waals surface area contributed by atoms with Crippen LogP contribution in [0.1, 0.15) is 40.0 Å². The van der Waals surface area contributed by atoms with Gasteiger partial charge >= 0.3 is 12.1 Å². The fourth-order valence-corrected chi connectivity index (χ4v) is 2.48. The molecule has 7 nitrogen and oxygen atoms in total. The highest BCUT2D eigenvalue weighted by Gasteiger charge is 2.44. The third-order valence-corrected chi connectivity index (χ3v) is 3.72. The lowest BCUT2D eigenvalue weighted by atomic mass is 9.74. The van der Waals surface area contributed by atoms with Gasteiger partial charge in [0.25, 0.3) is 0 Å². The minimum Gasteiger partial charge on any atom is -0.481 e. The quantitative estimate of drug-likeness (QED) is 0.708. The van der Waals surface area contributed by atoms with Crippen LogP contribution in [0.15, 0.2) is 0 Å². The van der Waals surface area contributed by atoms with Crippen molar-refractivity contribution < 1.29 is 24.5 Å². The molecule has 1 fully saturated rings. The van der Waals surface area contributed by atoms with Crippen LogP contribution in [0, 0.1) is 5.41 Å². The monoisotopic (exact) mass is 302 g/mol. The topological polar surface area (TPSA) is 113 Å². The van der Waals surface area contributed by atoms with E-state index >= 15 is 0 Å². The van der Waals surface area contributed by atoms with Crippen LogP contribution in [0.4, 0.5) is 4.79 Å². The van der Waals surface area contributed by atoms with Gasteiger partial charge in [-0.2, -0.15) is 0 Å². The van der Waals surface area contributed by atoms with Crippen molar-refractivity contribution in [3.63, 3.8) is 0 Å². The van der Waals surface area contributed by atoms with Gasteiger partial charge in [-0.1, -0.05) is 0 Å². The highest BCUT2D eigenvalue weighted by molar-refractivity contribution is 5.75. The van der Waals surface area contributed by atoms with E-state index in [0.29, 0.717) is 25.9 Å². The summed E-state index contributed by atoms with van der Waals surface area (Å²) in [7, 11) is 0. The number of carboxylic acids is 1. The Bertz CT molecular complexity index is 383. The summed E-state index contributed by atoms with van der Waals surface area (Å²) in [5.74, 6) is -0.946. The molecule has 122 valence electrons. The number of nitrogens with zero attached hydrogens (tertiary/aromatic N) is 1. The number of aliphatic carboxylic acids is 1. The van der Waals surface area contributed by atoms with Crippen molar-refractivity contribution in [2.75, 3.05) is 19.6 Å². The van der Waals surface area contributed by atoms with Crippen LogP contribution in [-0.4, -0.2) is 58.5 Å². The summed E-state index contributed by atoms with van der Waals surface area (Å²) < 4.78 is 5.28. The molecule has 0 aromatic rings. The molecule has 0 unspecified atom stereocenters. The first-order valence-corrected chi connectivity index (χ1v) is 7.19. The van der Waals surface area contributed by atoms with Gasteiger partial charge in [-0.05, 0) is 40.0 Å². The molecule has 1 atom stereocenters. The minimum absolute atomic E-state index is 0.0325. The number of hydrogen-bond donors (Lipinski definition) is 3. The zero-order valence-electron chi connectivity index (χ0n) is 13.0. The fraction of sp³-hybridized carbons (Fsp3) is 0.857. The minimum atomic E-state index is -1.02. The van der Waals surface area contributed by atoms with Gasteiger partial charge in [-0.15, -0.1) is 0 Å². The summed E-state index contributed by atoms with van der Waals surface area (Å²) in [5, 5.41) is 19.1. The summed E-state index contributed by atoms with van der Waals surface area (Å²) in [6.07, 6.45) is -0.576. The summed E-state index contributed by atoms with van der Waals surface area (Å²) in [5.41, 5.74) is 3.77. The molecule has 7 heteroatoms. The van der Waals surface area contributed by atoms with Gasteiger partial charge < -0.3 is 25.6 Å². The molecule has 1 rings (SSSR count). The number of piperidine rings is 1. The smallest absolute Gasteiger partial charge is 0.410 e. The number of ether oxygens (including phenoxy) is 1. The summed E-state index contributed by atoms with van der Waals surface area (Å²) in [6, 6.07) is 0. The largest absolute Gasteiger partial charge is 0.481 e. The number of aliphatic hydroxyl groups is 1. The molecule has 0 aromatic heterocycles. The Morgan fingerprint density at radius 3 is 2.24 bits per heavy atom. The van der Waals surface area contributed by atoms with Crippen LogP contribution >= 0.6 is 0 Å². The summed E-state index contributed by atoms with van der Waals surface area (Å²) in [4.78, 5) is 25.0. The lowest BCUT2D eigenvalue weighted by molar-refractivity contribution is -0.154. The average molecular weight is 302 g/mol. The van der Waals surface area contributed by atoms with Crippen molar-refractivity contribution in [3.8, 4) is 0 Å². The van der Waals surface area contributed by atoms with E-state index in [2.05, 4.69) is 0 Å². The molecule has 1 saturated heterocycles. The predicted molar refractivity (Wildman–Crippen MR) is 76.8 cm³/mol. The van der Waals surface area contributed by atoms with Crippen molar-refractivity contribution in [1.82, 2.24) is 4.90 Å². The van der Waals surface area contributed by atoms with E-state index in [0.717, 1.165) is 0 Å². The predicted octanol–water partition coefficient (Wildman–Crippen LogP) is 0.798. The zero-order chi connectivity index (χ0) is 16.3. The third kappa shape index (κ3) is 4.86. The van der Waals surface area contributed by atoms with E-state index < -0.39 is 29.2 Å². The fourth-order valence-electron chi connectivity index (χ4n) is 2.48. The molecular formula is C14H26N2O5. The van der Waals surface area contributed by atoms with E-state index in [4.69, 9.17) is 10.5 Å². The Hall–Kier alpha value is -1.34. The normalized spacial score (nSPS) is 20.0. The van der Waals surface area contributed by atoms with Gasteiger partial charge in [0.05, 0.1) is 11.5 Å². The Kier molecular flexibility index (Phi) is 5.58. The molecule has 0 bridgehead atoms. The third-order valence-electron chi connectivity index (χ3n) is 3.72. The van der Waals surface area contributed by atoms with Gasteiger partial charge in [-0.25, -0.2) is 4.79 Å². The number of carboxylic acid groups (broad SMARTS) is 1. The highest BCUT2D eigenvalue weighted by atomic mass is 16.6. The van der Waals surface area contributed by atoms with E-state index in [9.17, 15) is 19.8 Å². The molecule has 1 aliphatic rings. The first-order chi connectivity index (χ1) is 9.59. The summed E-state index contributed by atoms with van der Waals surface area (Å²) in [6.45, 7) is 6.00. The van der Waals surface area contributed by atoms with Crippen LogP contribution in [0.2, 0.25) is 0 Å². The molecule has 0 aromatic carbocycles. The lowest BCUT2D eigenvalue weighted by Crippen LogP contribution is -2.49. The van der Waals surface area contributed by atoms with E-state index in [1.165, 1.54) is 4.90 Å². The highest BCUT2D eigenvalue weighted by Crippen LogP contribution is 2.36. The Balaban J connectivity index is 2.67. The maximum absolute atomic E-state index is 12.0. The zero-order valence-corrected chi connectivity index (χ0v) is 13.0. The van der Waals surface area contributed by atoms with Crippen LogP contribution in [-0.2, 0) is 9.53 Å². The van der Waals surface area contributed by atoms with Crippen LogP contribution in [0.5, 0.6) is 0 Å². The molecule has 1 aliphatic heterocycles. The molecule has 4 N–H and O–H groups in total. The van der Waals surface area contributed by atoms with Gasteiger partial charge in [-0.3, -0.25) is 4.79 Å². The van der Waals surface area contributed by atoms with Crippen molar-refractivity contribution in [1.29, 1.82) is 0 Å². The molecule has 21 heavy (non-hydrogen) atoms. The number of amides is 1. The van der Waals surface area contributed by atoms with Crippen molar-refractivity contribution in [2.24, 2.45) is 11.1 Å². The first kappa shape index (κ1) is 17.7. The number of likely N-dealkylation sites (tertiary alicyclic amines) is 1. The number of aliphatic hydroxyl groups excluding tert-OH is 1. The maximum Gasteiger partial charge on any atom is 0.410 e. The number of nitrogens with two attached hydrogens (primary N) is 1. The van der Waals surface area contributed by atoms with Gasteiger partial charge in [0.15, 0.2) is 0 Å². The van der Waals surface area contributed by atoms with E-state index in [1.54, 1.807) is 20.8 Å². The van der Waals surface area contributed by atoms with E-state index in [-0.39, 0.29) is 13.0 Å². The molecule has 0 radical (unpaired) electrons. The van der Waals surface area contributed by atoms with Crippen molar-refractivity contribution >= 4 is 12.1 Å². The molecule has 0 saturated carbocycles. The average Bonchev–Trinajstić information content (AvgIpc) is 2.37. The molecule has 1 amide bonds. The standard InChI is InChI=1S/C14H26N2O5/c1-13(2,3)21-12(20)16-6-4-14(5-7-16,11(18)19)8-10(17)9-15/h10,17H,4-9,15H2,1-3H3,(H,18,19)/t10-/m1/s1. The summed E-state index contributed by atoms with van der Waals surface area (Å²) >= 11 is 0. The number of carbonyl (C=O) groups excluding carboxylic acids is 1. The number of hydrogen-bond acceptors (Lipinski definition) is 5. The van der Waals surface area contributed by atoms with Crippen LogP contribution in [0.25, 0.3) is 0 Å². The molecule has 0 spiro atoms. The Morgan fingerprint density at radius 1 is 1.33 bits per heavy atom. The van der Waals surface area contributed by atoms with Crippen LogP contribution < -0.4 is 5.73 Å². The molecule has 1 heterocycles. The second kappa shape index (κ2) is 6.62. The van der Waals surface area contributed by atoms with E-state index in [1.807, 2.05) is 0 Å². The van der Waals surface area contributed by atoms with Crippen molar-refractivity contribution in [2.45, 2.75) is 51.7 Å².